The van der Waals surface area contributed by atoms with Crippen LogP contribution in [-0.4, -0.2) is 22.2 Å². The minimum atomic E-state index is -0.722. The smallest absolute Gasteiger partial charge is 0.278 e. The number of benzene rings is 4. The SMILES string of the molecule is O=C(NO)c1ccc(-c2ccc(C(=O)NO)c(Oc3ccccc3)c2)cc1Oc1ccccc1. The molecule has 0 atom stereocenters. The molecule has 0 aliphatic rings. The van der Waals surface area contributed by atoms with Crippen molar-refractivity contribution in [2.45, 2.75) is 0 Å². The van der Waals surface area contributed by atoms with Gasteiger partial charge in [0.15, 0.2) is 0 Å². The molecule has 8 nitrogen and oxygen atoms in total. The van der Waals surface area contributed by atoms with Crippen LogP contribution in [0.15, 0.2) is 97.1 Å². The van der Waals surface area contributed by atoms with Crippen LogP contribution in [0.1, 0.15) is 20.7 Å². The van der Waals surface area contributed by atoms with E-state index in [0.717, 1.165) is 0 Å². The highest BCUT2D eigenvalue weighted by Gasteiger charge is 2.17. The number of hydrogen-bond donors (Lipinski definition) is 4. The highest BCUT2D eigenvalue weighted by atomic mass is 16.5. The highest BCUT2D eigenvalue weighted by Crippen LogP contribution is 2.35. The molecule has 0 aromatic heterocycles. The molecule has 0 saturated heterocycles. The van der Waals surface area contributed by atoms with Crippen molar-refractivity contribution in [2.24, 2.45) is 0 Å². The van der Waals surface area contributed by atoms with Crippen LogP contribution in [0, 0.1) is 0 Å². The Morgan fingerprint density at radius 3 is 1.29 bits per heavy atom. The monoisotopic (exact) mass is 456 g/mol. The summed E-state index contributed by atoms with van der Waals surface area (Å²) in [6.07, 6.45) is 0. The molecule has 0 radical (unpaired) electrons. The summed E-state index contributed by atoms with van der Waals surface area (Å²) < 4.78 is 11.8. The summed E-state index contributed by atoms with van der Waals surface area (Å²) in [4.78, 5) is 24.3. The number of para-hydroxylation sites is 2. The summed E-state index contributed by atoms with van der Waals surface area (Å²) in [6, 6.07) is 27.5. The van der Waals surface area contributed by atoms with Gasteiger partial charge in [-0.05, 0) is 59.7 Å². The zero-order chi connectivity index (χ0) is 23.9. The zero-order valence-corrected chi connectivity index (χ0v) is 17.8. The van der Waals surface area contributed by atoms with Gasteiger partial charge in [-0.1, -0.05) is 48.5 Å². The van der Waals surface area contributed by atoms with E-state index < -0.39 is 11.8 Å². The van der Waals surface area contributed by atoms with Crippen LogP contribution in [0.5, 0.6) is 23.0 Å². The molecule has 4 aromatic rings. The Labute approximate surface area is 194 Å². The van der Waals surface area contributed by atoms with Crippen molar-refractivity contribution in [3.63, 3.8) is 0 Å². The molecule has 8 heteroatoms. The average Bonchev–Trinajstić information content (AvgIpc) is 2.89. The maximum absolute atomic E-state index is 12.2. The van der Waals surface area contributed by atoms with E-state index in [1.54, 1.807) is 83.8 Å². The zero-order valence-electron chi connectivity index (χ0n) is 17.8. The van der Waals surface area contributed by atoms with Gasteiger partial charge >= 0.3 is 0 Å². The Morgan fingerprint density at radius 2 is 0.941 bits per heavy atom. The number of ether oxygens (including phenoxy) is 2. The van der Waals surface area contributed by atoms with Crippen LogP contribution in [0.3, 0.4) is 0 Å². The Bertz CT molecular complexity index is 1210. The lowest BCUT2D eigenvalue weighted by molar-refractivity contribution is 0.0699. The lowest BCUT2D eigenvalue weighted by Crippen LogP contribution is -2.19. The van der Waals surface area contributed by atoms with E-state index >= 15 is 0 Å². The van der Waals surface area contributed by atoms with Gasteiger partial charge in [0.2, 0.25) is 0 Å². The summed E-state index contributed by atoms with van der Waals surface area (Å²) in [6.45, 7) is 0. The van der Waals surface area contributed by atoms with Crippen LogP contribution in [0.25, 0.3) is 11.1 Å². The first kappa shape index (κ1) is 22.5. The number of carbonyl (C=O) groups excluding carboxylic acids is 2. The van der Waals surface area contributed by atoms with E-state index in [-0.39, 0.29) is 22.6 Å². The van der Waals surface area contributed by atoms with Crippen molar-refractivity contribution in [1.82, 2.24) is 11.0 Å². The molecular weight excluding hydrogens is 436 g/mol. The fraction of sp³-hybridized carbons (Fsp3) is 0. The maximum atomic E-state index is 12.2. The second-order valence-corrected chi connectivity index (χ2v) is 7.13. The molecule has 0 heterocycles. The number of carbonyl (C=O) groups is 2. The van der Waals surface area contributed by atoms with Crippen LogP contribution in [0.2, 0.25) is 0 Å². The Morgan fingerprint density at radius 1 is 0.559 bits per heavy atom. The van der Waals surface area contributed by atoms with Crippen molar-refractivity contribution in [1.29, 1.82) is 0 Å². The fourth-order valence-corrected chi connectivity index (χ4v) is 3.30. The van der Waals surface area contributed by atoms with Gasteiger partial charge in [-0.15, -0.1) is 0 Å². The minimum Gasteiger partial charge on any atom is -0.457 e. The number of hydrogen-bond acceptors (Lipinski definition) is 6. The lowest BCUT2D eigenvalue weighted by Gasteiger charge is -2.14. The van der Waals surface area contributed by atoms with Gasteiger partial charge < -0.3 is 9.47 Å². The summed E-state index contributed by atoms with van der Waals surface area (Å²) in [5, 5.41) is 18.2. The molecule has 0 saturated carbocycles. The van der Waals surface area contributed by atoms with Gasteiger partial charge in [0.1, 0.15) is 23.0 Å². The van der Waals surface area contributed by atoms with E-state index in [2.05, 4.69) is 0 Å². The second kappa shape index (κ2) is 10.3. The topological polar surface area (TPSA) is 117 Å². The summed E-state index contributed by atoms with van der Waals surface area (Å²) in [5.41, 5.74) is 4.83. The Balaban J connectivity index is 1.77. The van der Waals surface area contributed by atoms with E-state index in [9.17, 15) is 9.59 Å². The number of hydroxylamine groups is 2. The third-order valence-electron chi connectivity index (χ3n) is 4.93. The van der Waals surface area contributed by atoms with E-state index in [1.165, 1.54) is 12.1 Å². The molecule has 0 bridgehead atoms. The third-order valence-corrected chi connectivity index (χ3v) is 4.93. The third kappa shape index (κ3) is 5.04. The molecule has 0 aliphatic heterocycles. The average molecular weight is 456 g/mol. The van der Waals surface area contributed by atoms with Crippen molar-refractivity contribution in [2.75, 3.05) is 0 Å². The highest BCUT2D eigenvalue weighted by molar-refractivity contribution is 5.98. The molecular formula is C26H20N2O6. The number of amides is 2. The Hall–Kier alpha value is -4.66. The van der Waals surface area contributed by atoms with Gasteiger partial charge in [0, 0.05) is 0 Å². The number of rotatable bonds is 7. The van der Waals surface area contributed by atoms with Crippen molar-refractivity contribution < 1.29 is 29.5 Å². The predicted molar refractivity (Wildman–Crippen MR) is 123 cm³/mol. The van der Waals surface area contributed by atoms with Crippen molar-refractivity contribution >= 4 is 11.8 Å². The van der Waals surface area contributed by atoms with Crippen molar-refractivity contribution in [3.05, 3.63) is 108 Å². The van der Waals surface area contributed by atoms with Crippen LogP contribution in [-0.2, 0) is 0 Å². The molecule has 4 rings (SSSR count). The first-order valence-corrected chi connectivity index (χ1v) is 10.2. The van der Waals surface area contributed by atoms with Gasteiger partial charge in [-0.3, -0.25) is 20.0 Å². The van der Waals surface area contributed by atoms with Gasteiger partial charge in [0.25, 0.3) is 11.8 Å². The molecule has 4 aromatic carbocycles. The molecule has 4 N–H and O–H groups in total. The minimum absolute atomic E-state index is 0.132. The van der Waals surface area contributed by atoms with Gasteiger partial charge in [0.05, 0.1) is 11.1 Å². The van der Waals surface area contributed by atoms with Crippen LogP contribution >= 0.6 is 0 Å². The van der Waals surface area contributed by atoms with Crippen LogP contribution < -0.4 is 20.4 Å². The fourth-order valence-electron chi connectivity index (χ4n) is 3.30. The quantitative estimate of drug-likeness (QED) is 0.225. The van der Waals surface area contributed by atoms with Gasteiger partial charge in [-0.2, -0.15) is 0 Å². The molecule has 0 aliphatic carbocycles. The van der Waals surface area contributed by atoms with E-state index in [0.29, 0.717) is 22.6 Å². The second-order valence-electron chi connectivity index (χ2n) is 7.13. The van der Waals surface area contributed by atoms with E-state index in [1.807, 2.05) is 12.1 Å². The summed E-state index contributed by atoms with van der Waals surface area (Å²) >= 11 is 0. The molecule has 0 fully saturated rings. The number of nitrogens with one attached hydrogen (secondary N) is 2. The first-order chi connectivity index (χ1) is 16.6. The molecule has 34 heavy (non-hydrogen) atoms. The Kier molecular flexibility index (Phi) is 6.83. The lowest BCUT2D eigenvalue weighted by atomic mass is 10.0. The van der Waals surface area contributed by atoms with E-state index in [4.69, 9.17) is 19.9 Å². The molecule has 0 spiro atoms. The predicted octanol–water partition coefficient (Wildman–Crippen LogP) is 5.18. The normalized spacial score (nSPS) is 10.3. The maximum Gasteiger partial charge on any atom is 0.278 e. The molecule has 2 amide bonds. The van der Waals surface area contributed by atoms with Crippen molar-refractivity contribution in [3.8, 4) is 34.1 Å². The largest absolute Gasteiger partial charge is 0.457 e. The molecule has 170 valence electrons. The van der Waals surface area contributed by atoms with Gasteiger partial charge in [-0.25, -0.2) is 11.0 Å². The molecule has 0 unspecified atom stereocenters. The standard InChI is InChI=1S/C26H20N2O6/c29-25(27-31)21-13-11-17(15-23(21)33-19-7-3-1-4-8-19)18-12-14-22(26(30)28-32)24(16-18)34-20-9-5-2-6-10-20/h1-16,31-32H,(H,27,29)(H,28,30). The summed E-state index contributed by atoms with van der Waals surface area (Å²) in [5.74, 6) is 0.0152. The van der Waals surface area contributed by atoms with Crippen LogP contribution in [0.4, 0.5) is 0 Å². The first-order valence-electron chi connectivity index (χ1n) is 10.2. The summed E-state index contributed by atoms with van der Waals surface area (Å²) in [7, 11) is 0.